The Balaban J connectivity index is 1.78. The smallest absolute Gasteiger partial charge is 0.277 e. The van der Waals surface area contributed by atoms with E-state index < -0.39 is 25.8 Å². The number of unbranched alkanes of at least 4 members (excludes halogenated alkanes) is 1. The Kier molecular flexibility index (Phi) is 6.65. The van der Waals surface area contributed by atoms with Gasteiger partial charge in [0.1, 0.15) is 11.6 Å². The third kappa shape index (κ3) is 4.21. The van der Waals surface area contributed by atoms with Crippen molar-refractivity contribution in [3.05, 3.63) is 0 Å². The van der Waals surface area contributed by atoms with Crippen LogP contribution in [0.15, 0.2) is 0 Å². The summed E-state index contributed by atoms with van der Waals surface area (Å²) in [6, 6.07) is 0. The van der Waals surface area contributed by atoms with Crippen molar-refractivity contribution in [3.63, 3.8) is 0 Å². The van der Waals surface area contributed by atoms with Crippen LogP contribution < -0.4 is 0 Å². The second kappa shape index (κ2) is 8.23. The average molecular weight is 451 g/mol. The van der Waals surface area contributed by atoms with Crippen LogP contribution in [-0.2, 0) is 23.3 Å². The van der Waals surface area contributed by atoms with Crippen LogP contribution in [0, 0.1) is 16.7 Å². The minimum absolute atomic E-state index is 0.0863. The zero-order valence-electron chi connectivity index (χ0n) is 17.3. The summed E-state index contributed by atoms with van der Waals surface area (Å²) in [7, 11) is -5.85. The number of fused-ring (bicyclic) bond motifs is 2. The van der Waals surface area contributed by atoms with Crippen LogP contribution in [0.3, 0.4) is 0 Å². The molecule has 2 saturated carbocycles. The quantitative estimate of drug-likeness (QED) is 0.529. The molecule has 0 amide bonds. The van der Waals surface area contributed by atoms with Crippen LogP contribution >= 0.6 is 22.1 Å². The van der Waals surface area contributed by atoms with E-state index in [0.717, 1.165) is 30.8 Å². The molecule has 0 N–H and O–H groups in total. The monoisotopic (exact) mass is 450 g/mol. The van der Waals surface area contributed by atoms with Crippen molar-refractivity contribution >= 4 is 43.8 Å². The van der Waals surface area contributed by atoms with Gasteiger partial charge in [0.05, 0.1) is 16.9 Å². The summed E-state index contributed by atoms with van der Waals surface area (Å²) in [4.78, 5) is 25.2. The molecule has 0 aromatic carbocycles. The van der Waals surface area contributed by atoms with Crippen LogP contribution in [-0.4, -0.2) is 54.5 Å². The van der Waals surface area contributed by atoms with Gasteiger partial charge in [-0.2, -0.15) is 20.2 Å². The number of rotatable bonds is 9. The molecule has 0 radical (unpaired) electrons. The highest BCUT2D eigenvalue weighted by atomic mass is 32.3. The Morgan fingerprint density at radius 1 is 1.29 bits per heavy atom. The van der Waals surface area contributed by atoms with Gasteiger partial charge in [-0.25, -0.2) is 3.63 Å². The Labute approximate surface area is 175 Å². The van der Waals surface area contributed by atoms with Crippen molar-refractivity contribution in [2.75, 3.05) is 34.5 Å². The van der Waals surface area contributed by atoms with Crippen molar-refractivity contribution in [3.8, 4) is 0 Å². The maximum Gasteiger partial charge on any atom is 0.277 e. The average Bonchev–Trinajstić information content (AvgIpc) is 2.93. The molecular formula is C20H34O5S3. The van der Waals surface area contributed by atoms with Crippen LogP contribution in [0.2, 0.25) is 0 Å². The molecule has 2 bridgehead atoms. The van der Waals surface area contributed by atoms with Crippen LogP contribution in [0.4, 0.5) is 0 Å². The second-order valence-corrected chi connectivity index (χ2v) is 15.4. The number of carbonyl (C=O) groups excluding carboxylic acids is 2. The van der Waals surface area contributed by atoms with E-state index in [2.05, 4.69) is 0 Å². The third-order valence-corrected chi connectivity index (χ3v) is 14.3. The van der Waals surface area contributed by atoms with E-state index in [0.29, 0.717) is 30.8 Å². The van der Waals surface area contributed by atoms with E-state index >= 15 is 0 Å². The lowest BCUT2D eigenvalue weighted by molar-refractivity contribution is -0.128. The van der Waals surface area contributed by atoms with Gasteiger partial charge in [0, 0.05) is 35.9 Å². The molecule has 0 aromatic rings. The SMILES string of the molecule is CCCCC(=O)CS1(OS(=O)(=O)CC23CCC(CC2=O)C3(C)C)CCSCC1. The van der Waals surface area contributed by atoms with Crippen molar-refractivity contribution in [1.82, 2.24) is 0 Å². The predicted molar refractivity (Wildman–Crippen MR) is 117 cm³/mol. The first kappa shape index (κ1) is 22.6. The zero-order valence-corrected chi connectivity index (χ0v) is 19.8. The Bertz CT molecular complexity index is 724. The molecule has 3 fully saturated rings. The maximum atomic E-state index is 13.2. The molecule has 2 unspecified atom stereocenters. The van der Waals surface area contributed by atoms with Gasteiger partial charge in [0.15, 0.2) is 0 Å². The lowest BCUT2D eigenvalue weighted by atomic mass is 9.70. The van der Waals surface area contributed by atoms with Crippen molar-refractivity contribution in [2.45, 2.75) is 59.3 Å². The van der Waals surface area contributed by atoms with E-state index in [1.165, 1.54) is 0 Å². The molecule has 2 aliphatic carbocycles. The fourth-order valence-corrected chi connectivity index (χ4v) is 14.0. The van der Waals surface area contributed by atoms with Crippen molar-refractivity contribution in [2.24, 2.45) is 16.7 Å². The Morgan fingerprint density at radius 2 is 1.96 bits per heavy atom. The van der Waals surface area contributed by atoms with Gasteiger partial charge in [-0.15, -0.1) is 10.3 Å². The molecule has 3 rings (SSSR count). The maximum absolute atomic E-state index is 13.2. The molecule has 8 heteroatoms. The van der Waals surface area contributed by atoms with Gasteiger partial charge in [-0.1, -0.05) is 27.2 Å². The molecule has 0 spiro atoms. The summed E-state index contributed by atoms with van der Waals surface area (Å²) in [6.07, 6.45) is 4.33. The number of Topliss-reactive ketones (excluding diaryl/α,β-unsaturated/α-hetero) is 2. The standard InChI is InChI=1S/C20H34O5S3/c1-4-5-6-17(21)14-27(11-9-26-10-12-27)25-28(23,24)15-20-8-7-16(13-18(20)22)19(20,2)3/h16H,4-15H2,1-3H3. The zero-order chi connectivity index (χ0) is 20.6. The third-order valence-electron chi connectivity index (χ3n) is 7.24. The molecule has 2 atom stereocenters. The van der Waals surface area contributed by atoms with Gasteiger partial charge in [0.2, 0.25) is 0 Å². The summed E-state index contributed by atoms with van der Waals surface area (Å²) in [5.74, 6) is 3.50. The minimum Gasteiger partial charge on any atom is -0.299 e. The first-order chi connectivity index (χ1) is 13.1. The van der Waals surface area contributed by atoms with E-state index in [9.17, 15) is 18.0 Å². The number of hydrogen-bond donors (Lipinski definition) is 0. The van der Waals surface area contributed by atoms with Gasteiger partial charge < -0.3 is 0 Å². The summed E-state index contributed by atoms with van der Waals surface area (Å²) in [6.45, 7) is 6.13. The highest BCUT2D eigenvalue weighted by molar-refractivity contribution is 8.34. The lowest BCUT2D eigenvalue weighted by Crippen LogP contribution is -2.43. The highest BCUT2D eigenvalue weighted by Crippen LogP contribution is 2.65. The largest absolute Gasteiger partial charge is 0.299 e. The number of thioether (sulfide) groups is 1. The molecule has 162 valence electrons. The second-order valence-electron chi connectivity index (χ2n) is 9.21. The number of ketones is 2. The molecule has 28 heavy (non-hydrogen) atoms. The molecule has 0 aromatic heterocycles. The van der Waals surface area contributed by atoms with E-state index in [1.807, 2.05) is 20.8 Å². The number of hydrogen-bond acceptors (Lipinski definition) is 6. The van der Waals surface area contributed by atoms with Crippen LogP contribution in [0.1, 0.15) is 59.3 Å². The van der Waals surface area contributed by atoms with Gasteiger partial charge >= 0.3 is 0 Å². The van der Waals surface area contributed by atoms with E-state index in [1.54, 1.807) is 11.8 Å². The van der Waals surface area contributed by atoms with Gasteiger partial charge in [-0.3, -0.25) is 9.59 Å². The van der Waals surface area contributed by atoms with Crippen LogP contribution in [0.25, 0.3) is 0 Å². The first-order valence-electron chi connectivity index (χ1n) is 10.4. The van der Waals surface area contributed by atoms with Crippen LogP contribution in [0.5, 0.6) is 0 Å². The minimum atomic E-state index is -3.88. The Morgan fingerprint density at radius 3 is 2.50 bits per heavy atom. The molecule has 5 nitrogen and oxygen atoms in total. The summed E-state index contributed by atoms with van der Waals surface area (Å²) >= 11 is 1.79. The van der Waals surface area contributed by atoms with Gasteiger partial charge in [0.25, 0.3) is 10.1 Å². The topological polar surface area (TPSA) is 77.5 Å². The fraction of sp³-hybridized carbons (Fsp3) is 0.900. The molecule has 1 saturated heterocycles. The predicted octanol–water partition coefficient (Wildman–Crippen LogP) is 3.95. The van der Waals surface area contributed by atoms with Crippen molar-refractivity contribution < 1.29 is 21.6 Å². The highest BCUT2D eigenvalue weighted by Gasteiger charge is 2.65. The molecular weight excluding hydrogens is 416 g/mol. The van der Waals surface area contributed by atoms with Gasteiger partial charge in [-0.05, 0) is 30.6 Å². The van der Waals surface area contributed by atoms with Crippen molar-refractivity contribution in [1.29, 1.82) is 0 Å². The molecule has 3 aliphatic rings. The number of carbonyl (C=O) groups is 2. The van der Waals surface area contributed by atoms with E-state index in [-0.39, 0.29) is 34.4 Å². The van der Waals surface area contributed by atoms with E-state index in [4.69, 9.17) is 3.63 Å². The lowest BCUT2D eigenvalue weighted by Gasteiger charge is -2.42. The normalized spacial score (nSPS) is 32.4. The fourth-order valence-electron chi connectivity index (χ4n) is 5.26. The Hall–Kier alpha value is -0.0500. The molecule has 1 aliphatic heterocycles. The molecule has 1 heterocycles. The summed E-state index contributed by atoms with van der Waals surface area (Å²) in [5.41, 5.74) is -1.12. The summed E-state index contributed by atoms with van der Waals surface area (Å²) in [5, 5.41) is 0. The first-order valence-corrected chi connectivity index (χ1v) is 15.2. The summed E-state index contributed by atoms with van der Waals surface area (Å²) < 4.78 is 32.3.